The largest absolute Gasteiger partial charge is 0.507 e. The zero-order chi connectivity index (χ0) is 16.2. The second kappa shape index (κ2) is 6.65. The van der Waals surface area contributed by atoms with Gasteiger partial charge in [0, 0.05) is 17.0 Å². The molecule has 9 heteroatoms. The lowest BCUT2D eigenvalue weighted by molar-refractivity contribution is -0.153. The van der Waals surface area contributed by atoms with Crippen LogP contribution in [0.2, 0.25) is 0 Å². The summed E-state index contributed by atoms with van der Waals surface area (Å²) in [6.07, 6.45) is -3.09. The molecule has 0 aliphatic carbocycles. The van der Waals surface area contributed by atoms with Crippen molar-refractivity contribution in [2.45, 2.75) is 13.1 Å². The first-order valence-electron chi connectivity index (χ1n) is 6.07. The highest BCUT2D eigenvalue weighted by molar-refractivity contribution is 7.13. The Labute approximate surface area is 128 Å². The molecule has 2 rings (SSSR count). The number of thiazole rings is 1. The van der Waals surface area contributed by atoms with Gasteiger partial charge in [0.05, 0.1) is 11.9 Å². The second-order valence-corrected chi connectivity index (χ2v) is 5.15. The van der Waals surface area contributed by atoms with Crippen molar-refractivity contribution in [3.05, 3.63) is 34.8 Å². The van der Waals surface area contributed by atoms with Crippen molar-refractivity contribution in [2.75, 3.05) is 12.0 Å². The van der Waals surface area contributed by atoms with Gasteiger partial charge in [0.1, 0.15) is 11.5 Å². The number of aromatic hydroxyl groups is 1. The smallest absolute Gasteiger partial charge is 0.422 e. The lowest BCUT2D eigenvalue weighted by atomic mass is 10.2. The van der Waals surface area contributed by atoms with E-state index in [1.165, 1.54) is 29.7 Å². The first-order chi connectivity index (χ1) is 10.3. The van der Waals surface area contributed by atoms with Crippen molar-refractivity contribution in [3.8, 4) is 11.5 Å². The van der Waals surface area contributed by atoms with Crippen LogP contribution in [0.1, 0.15) is 11.3 Å². The number of nitrogens with one attached hydrogen (secondary N) is 1. The van der Waals surface area contributed by atoms with Crippen LogP contribution in [0, 0.1) is 6.92 Å². The first kappa shape index (κ1) is 16.1. The van der Waals surface area contributed by atoms with E-state index in [0.29, 0.717) is 10.7 Å². The molecule has 0 bridgehead atoms. The predicted molar refractivity (Wildman–Crippen MR) is 77.7 cm³/mol. The molecular weight excluding hydrogens is 319 g/mol. The Morgan fingerprint density at radius 2 is 2.23 bits per heavy atom. The zero-order valence-corrected chi connectivity index (χ0v) is 12.2. The molecule has 118 valence electrons. The Kier molecular flexibility index (Phi) is 4.86. The maximum Gasteiger partial charge on any atom is 0.422 e. The number of aryl methyl sites for hydroxylation is 1. The maximum absolute atomic E-state index is 12.0. The van der Waals surface area contributed by atoms with Gasteiger partial charge in [-0.25, -0.2) is 4.98 Å². The van der Waals surface area contributed by atoms with Crippen molar-refractivity contribution in [1.82, 2.24) is 4.98 Å². The third kappa shape index (κ3) is 4.92. The molecule has 5 nitrogen and oxygen atoms in total. The quantitative estimate of drug-likeness (QED) is 0.649. The molecule has 0 radical (unpaired) electrons. The molecule has 0 atom stereocenters. The van der Waals surface area contributed by atoms with E-state index in [1.54, 1.807) is 0 Å². The summed E-state index contributed by atoms with van der Waals surface area (Å²) < 4.78 is 40.6. The number of phenols is 1. The van der Waals surface area contributed by atoms with Crippen molar-refractivity contribution < 1.29 is 23.0 Å². The highest BCUT2D eigenvalue weighted by atomic mass is 32.1. The highest BCUT2D eigenvalue weighted by Crippen LogP contribution is 2.24. The third-order valence-electron chi connectivity index (χ3n) is 2.39. The molecule has 22 heavy (non-hydrogen) atoms. The lowest BCUT2D eigenvalue weighted by Crippen LogP contribution is -2.19. The van der Waals surface area contributed by atoms with Crippen molar-refractivity contribution in [1.29, 1.82) is 0 Å². The molecular formula is C13H12F3N3O2S. The van der Waals surface area contributed by atoms with Gasteiger partial charge < -0.3 is 9.84 Å². The fraction of sp³-hybridized carbons (Fsp3) is 0.231. The summed E-state index contributed by atoms with van der Waals surface area (Å²) in [5.74, 6) is -0.309. The van der Waals surface area contributed by atoms with Gasteiger partial charge in [-0.2, -0.15) is 18.3 Å². The van der Waals surface area contributed by atoms with Crippen molar-refractivity contribution >= 4 is 22.7 Å². The number of halogens is 3. The number of hydrazone groups is 1. The van der Waals surface area contributed by atoms with Crippen LogP contribution in [-0.4, -0.2) is 29.1 Å². The van der Waals surface area contributed by atoms with E-state index in [4.69, 9.17) is 0 Å². The lowest BCUT2D eigenvalue weighted by Gasteiger charge is -2.09. The van der Waals surface area contributed by atoms with Gasteiger partial charge >= 0.3 is 6.18 Å². The number of alkyl halides is 3. The fourth-order valence-corrected chi connectivity index (χ4v) is 2.09. The number of ether oxygens (including phenoxy) is 1. The van der Waals surface area contributed by atoms with Crippen LogP contribution in [0.15, 0.2) is 28.7 Å². The standard InChI is InChI=1S/C13H12F3N3O2S/c1-8-6-22-12(18-8)19-17-5-9-2-3-10(4-11(9)20)21-7-13(14,15)16/h2-6,20H,7H2,1H3,(H,18,19). The SMILES string of the molecule is Cc1csc(NN=Cc2ccc(OCC(F)(F)F)cc2O)n1. The summed E-state index contributed by atoms with van der Waals surface area (Å²) in [6, 6.07) is 3.82. The molecule has 0 unspecified atom stereocenters. The fourth-order valence-electron chi connectivity index (χ4n) is 1.45. The van der Waals surface area contributed by atoms with E-state index in [2.05, 4.69) is 20.2 Å². The summed E-state index contributed by atoms with van der Waals surface area (Å²) >= 11 is 1.38. The monoisotopic (exact) mass is 331 g/mol. The Morgan fingerprint density at radius 3 is 2.82 bits per heavy atom. The van der Waals surface area contributed by atoms with E-state index < -0.39 is 12.8 Å². The van der Waals surface area contributed by atoms with Crippen LogP contribution in [0.25, 0.3) is 0 Å². The maximum atomic E-state index is 12.0. The summed E-state index contributed by atoms with van der Waals surface area (Å²) in [5, 5.41) is 16.1. The van der Waals surface area contributed by atoms with Gasteiger partial charge in [-0.15, -0.1) is 11.3 Å². The van der Waals surface area contributed by atoms with E-state index in [1.807, 2.05) is 12.3 Å². The molecule has 0 aliphatic heterocycles. The van der Waals surface area contributed by atoms with Crippen molar-refractivity contribution in [3.63, 3.8) is 0 Å². The number of hydrogen-bond acceptors (Lipinski definition) is 6. The van der Waals surface area contributed by atoms with Gasteiger partial charge in [-0.05, 0) is 19.1 Å². The molecule has 2 N–H and O–H groups in total. The number of phenolic OH excluding ortho intramolecular Hbond substituents is 1. The van der Waals surface area contributed by atoms with E-state index in [0.717, 1.165) is 11.8 Å². The van der Waals surface area contributed by atoms with E-state index in [9.17, 15) is 18.3 Å². The van der Waals surface area contributed by atoms with Gasteiger partial charge in [-0.3, -0.25) is 5.43 Å². The van der Waals surface area contributed by atoms with Gasteiger partial charge in [0.15, 0.2) is 6.61 Å². The van der Waals surface area contributed by atoms with Gasteiger partial charge in [0.2, 0.25) is 5.13 Å². The molecule has 0 fully saturated rings. The van der Waals surface area contributed by atoms with Crippen molar-refractivity contribution in [2.24, 2.45) is 5.10 Å². The molecule has 1 aromatic carbocycles. The van der Waals surface area contributed by atoms with Crippen LogP contribution in [0.4, 0.5) is 18.3 Å². The molecule has 0 saturated carbocycles. The van der Waals surface area contributed by atoms with E-state index >= 15 is 0 Å². The number of hydrogen-bond donors (Lipinski definition) is 2. The minimum absolute atomic E-state index is 0.0736. The Morgan fingerprint density at radius 1 is 1.45 bits per heavy atom. The number of nitrogens with zero attached hydrogens (tertiary/aromatic N) is 2. The number of aromatic nitrogens is 1. The Bertz CT molecular complexity index is 671. The summed E-state index contributed by atoms with van der Waals surface area (Å²) in [5.41, 5.74) is 3.88. The summed E-state index contributed by atoms with van der Waals surface area (Å²) in [4.78, 5) is 4.13. The molecule has 0 saturated heterocycles. The summed E-state index contributed by atoms with van der Waals surface area (Å²) in [6.45, 7) is 0.432. The molecule has 1 heterocycles. The predicted octanol–water partition coefficient (Wildman–Crippen LogP) is 3.54. The zero-order valence-electron chi connectivity index (χ0n) is 11.4. The molecule has 0 spiro atoms. The number of anilines is 1. The van der Waals surface area contributed by atoms with Gasteiger partial charge in [-0.1, -0.05) is 0 Å². The molecule has 1 aromatic heterocycles. The normalized spacial score (nSPS) is 11.8. The van der Waals surface area contributed by atoms with Crippen LogP contribution in [0.5, 0.6) is 11.5 Å². The second-order valence-electron chi connectivity index (χ2n) is 4.29. The topological polar surface area (TPSA) is 66.7 Å². The van der Waals surface area contributed by atoms with Crippen LogP contribution >= 0.6 is 11.3 Å². The van der Waals surface area contributed by atoms with Crippen LogP contribution in [0.3, 0.4) is 0 Å². The summed E-state index contributed by atoms with van der Waals surface area (Å²) in [7, 11) is 0. The number of benzene rings is 1. The van der Waals surface area contributed by atoms with Crippen LogP contribution in [-0.2, 0) is 0 Å². The molecule has 0 aliphatic rings. The minimum Gasteiger partial charge on any atom is -0.507 e. The van der Waals surface area contributed by atoms with Gasteiger partial charge in [0.25, 0.3) is 0 Å². The Hall–Kier alpha value is -2.29. The molecule has 0 amide bonds. The average molecular weight is 331 g/mol. The van der Waals surface area contributed by atoms with E-state index in [-0.39, 0.29) is 11.5 Å². The third-order valence-corrected chi connectivity index (χ3v) is 3.25. The minimum atomic E-state index is -4.43. The average Bonchev–Trinajstić information content (AvgIpc) is 2.83. The highest BCUT2D eigenvalue weighted by Gasteiger charge is 2.28. The van der Waals surface area contributed by atoms with Crippen LogP contribution < -0.4 is 10.2 Å². The molecule has 2 aromatic rings. The Balaban J connectivity index is 1.97. The first-order valence-corrected chi connectivity index (χ1v) is 6.95. The number of rotatable bonds is 5.